The Labute approximate surface area is 104 Å². The van der Waals surface area contributed by atoms with Gasteiger partial charge in [0.05, 0.1) is 10.8 Å². The van der Waals surface area contributed by atoms with Crippen LogP contribution in [0.25, 0.3) is 0 Å². The molecule has 1 heterocycles. The molecule has 16 heavy (non-hydrogen) atoms. The molecule has 1 aliphatic carbocycles. The standard InChI is InChI=1S/C11H15ClN2OS/c12-9-2-1-8(16-9)5-10(15)14-7-11(6-13)3-4-11/h1-2H,3-7,13H2,(H,14,15). The molecule has 0 radical (unpaired) electrons. The van der Waals surface area contributed by atoms with E-state index >= 15 is 0 Å². The Morgan fingerprint density at radius 3 is 2.81 bits per heavy atom. The van der Waals surface area contributed by atoms with Crippen LogP contribution in [-0.2, 0) is 11.2 Å². The summed E-state index contributed by atoms with van der Waals surface area (Å²) in [5, 5.41) is 2.94. The van der Waals surface area contributed by atoms with Gasteiger partial charge in [0.25, 0.3) is 0 Å². The van der Waals surface area contributed by atoms with Crippen LogP contribution in [0, 0.1) is 5.41 Å². The van der Waals surface area contributed by atoms with E-state index < -0.39 is 0 Å². The fraction of sp³-hybridized carbons (Fsp3) is 0.545. The van der Waals surface area contributed by atoms with Crippen LogP contribution in [0.15, 0.2) is 12.1 Å². The number of hydrogen-bond acceptors (Lipinski definition) is 3. The smallest absolute Gasteiger partial charge is 0.225 e. The molecular weight excluding hydrogens is 244 g/mol. The lowest BCUT2D eigenvalue weighted by Crippen LogP contribution is -2.34. The predicted octanol–water partition coefficient (Wildman–Crippen LogP) is 1.80. The summed E-state index contributed by atoms with van der Waals surface area (Å²) in [5.41, 5.74) is 5.84. The molecule has 0 aromatic carbocycles. The Balaban J connectivity index is 1.76. The van der Waals surface area contributed by atoms with E-state index in [1.807, 2.05) is 12.1 Å². The molecule has 0 spiro atoms. The van der Waals surface area contributed by atoms with Crippen molar-refractivity contribution in [2.45, 2.75) is 19.3 Å². The third-order valence-corrected chi connectivity index (χ3v) is 4.25. The van der Waals surface area contributed by atoms with Crippen molar-refractivity contribution in [1.82, 2.24) is 5.32 Å². The largest absolute Gasteiger partial charge is 0.355 e. The summed E-state index contributed by atoms with van der Waals surface area (Å²) in [6.07, 6.45) is 2.68. The molecule has 1 aromatic heterocycles. The Kier molecular flexibility index (Phi) is 3.52. The maximum Gasteiger partial charge on any atom is 0.225 e. The predicted molar refractivity (Wildman–Crippen MR) is 66.8 cm³/mol. The van der Waals surface area contributed by atoms with Crippen LogP contribution in [0.3, 0.4) is 0 Å². The van der Waals surface area contributed by atoms with Gasteiger partial charge in [-0.1, -0.05) is 11.6 Å². The van der Waals surface area contributed by atoms with Crippen LogP contribution < -0.4 is 11.1 Å². The van der Waals surface area contributed by atoms with Gasteiger partial charge >= 0.3 is 0 Å². The number of carbonyl (C=O) groups is 1. The number of thiophene rings is 1. The van der Waals surface area contributed by atoms with E-state index in [0.717, 1.165) is 22.1 Å². The van der Waals surface area contributed by atoms with Gasteiger partial charge in [0.15, 0.2) is 0 Å². The number of nitrogens with one attached hydrogen (secondary N) is 1. The average Bonchev–Trinajstić information content (AvgIpc) is 2.95. The molecule has 0 atom stereocenters. The van der Waals surface area contributed by atoms with E-state index in [2.05, 4.69) is 5.32 Å². The third-order valence-electron chi connectivity index (χ3n) is 3.01. The van der Waals surface area contributed by atoms with Crippen molar-refractivity contribution in [3.8, 4) is 0 Å². The number of amides is 1. The van der Waals surface area contributed by atoms with Crippen LogP contribution in [0.1, 0.15) is 17.7 Å². The van der Waals surface area contributed by atoms with Crippen molar-refractivity contribution in [3.05, 3.63) is 21.3 Å². The van der Waals surface area contributed by atoms with Crippen molar-refractivity contribution < 1.29 is 4.79 Å². The normalized spacial score (nSPS) is 17.1. The minimum atomic E-state index is 0.0539. The fourth-order valence-corrected chi connectivity index (χ4v) is 2.67. The van der Waals surface area contributed by atoms with Gasteiger partial charge in [-0.05, 0) is 36.9 Å². The Bertz CT molecular complexity index is 387. The van der Waals surface area contributed by atoms with Crippen molar-refractivity contribution >= 4 is 28.8 Å². The quantitative estimate of drug-likeness (QED) is 0.846. The molecule has 2 rings (SSSR count). The van der Waals surface area contributed by atoms with E-state index in [4.69, 9.17) is 17.3 Å². The summed E-state index contributed by atoms with van der Waals surface area (Å²) in [7, 11) is 0. The van der Waals surface area contributed by atoms with Gasteiger partial charge < -0.3 is 11.1 Å². The molecule has 1 saturated carbocycles. The highest BCUT2D eigenvalue weighted by atomic mass is 35.5. The Morgan fingerprint density at radius 1 is 1.56 bits per heavy atom. The van der Waals surface area contributed by atoms with Crippen molar-refractivity contribution in [2.24, 2.45) is 11.1 Å². The van der Waals surface area contributed by atoms with Gasteiger partial charge in [0.1, 0.15) is 0 Å². The van der Waals surface area contributed by atoms with Crippen molar-refractivity contribution in [3.63, 3.8) is 0 Å². The topological polar surface area (TPSA) is 55.1 Å². The van der Waals surface area contributed by atoms with Crippen molar-refractivity contribution in [2.75, 3.05) is 13.1 Å². The maximum absolute atomic E-state index is 11.6. The van der Waals surface area contributed by atoms with Gasteiger partial charge in [-0.15, -0.1) is 11.3 Å². The molecule has 3 nitrogen and oxygen atoms in total. The zero-order valence-electron chi connectivity index (χ0n) is 8.96. The highest BCUT2D eigenvalue weighted by molar-refractivity contribution is 7.16. The molecule has 0 saturated heterocycles. The molecule has 0 aliphatic heterocycles. The monoisotopic (exact) mass is 258 g/mol. The summed E-state index contributed by atoms with van der Waals surface area (Å²) >= 11 is 7.25. The first kappa shape index (κ1) is 11.9. The van der Waals surface area contributed by atoms with Crippen LogP contribution in [-0.4, -0.2) is 19.0 Å². The molecule has 1 aliphatic rings. The molecule has 1 aromatic rings. The number of hydrogen-bond donors (Lipinski definition) is 2. The summed E-state index contributed by atoms with van der Waals surface area (Å²) in [6, 6.07) is 3.71. The highest BCUT2D eigenvalue weighted by Gasteiger charge is 2.41. The summed E-state index contributed by atoms with van der Waals surface area (Å²) in [4.78, 5) is 12.6. The van der Waals surface area contributed by atoms with Crippen LogP contribution in [0.4, 0.5) is 0 Å². The number of carbonyl (C=O) groups excluding carboxylic acids is 1. The minimum Gasteiger partial charge on any atom is -0.355 e. The lowest BCUT2D eigenvalue weighted by molar-refractivity contribution is -0.120. The van der Waals surface area contributed by atoms with Gasteiger partial charge in [0.2, 0.25) is 5.91 Å². The Hall–Kier alpha value is -0.580. The summed E-state index contributed by atoms with van der Waals surface area (Å²) in [5.74, 6) is 0.0539. The van der Waals surface area contributed by atoms with Crippen LogP contribution >= 0.6 is 22.9 Å². The molecule has 1 fully saturated rings. The van der Waals surface area contributed by atoms with Gasteiger partial charge in [0, 0.05) is 11.4 Å². The zero-order chi connectivity index (χ0) is 11.6. The fourth-order valence-electron chi connectivity index (χ4n) is 1.58. The van der Waals surface area contributed by atoms with E-state index in [0.29, 0.717) is 19.5 Å². The highest BCUT2D eigenvalue weighted by Crippen LogP contribution is 2.43. The lowest BCUT2D eigenvalue weighted by atomic mass is 10.1. The van der Waals surface area contributed by atoms with E-state index in [9.17, 15) is 4.79 Å². The molecule has 0 bridgehead atoms. The summed E-state index contributed by atoms with van der Waals surface area (Å²) in [6.45, 7) is 1.37. The third kappa shape index (κ3) is 2.97. The number of halogens is 1. The average molecular weight is 259 g/mol. The van der Waals surface area contributed by atoms with Gasteiger partial charge in [-0.2, -0.15) is 0 Å². The van der Waals surface area contributed by atoms with Crippen LogP contribution in [0.5, 0.6) is 0 Å². The Morgan fingerprint density at radius 2 is 2.31 bits per heavy atom. The number of rotatable bonds is 5. The van der Waals surface area contributed by atoms with E-state index in [-0.39, 0.29) is 11.3 Å². The van der Waals surface area contributed by atoms with E-state index in [1.165, 1.54) is 11.3 Å². The summed E-state index contributed by atoms with van der Waals surface area (Å²) < 4.78 is 0.725. The SMILES string of the molecule is NCC1(CNC(=O)Cc2ccc(Cl)s2)CC1. The van der Waals surface area contributed by atoms with Gasteiger partial charge in [-0.3, -0.25) is 4.79 Å². The minimum absolute atomic E-state index is 0.0539. The first-order valence-electron chi connectivity index (χ1n) is 5.35. The van der Waals surface area contributed by atoms with Crippen molar-refractivity contribution in [1.29, 1.82) is 0 Å². The molecule has 1 amide bonds. The first-order valence-corrected chi connectivity index (χ1v) is 6.54. The first-order chi connectivity index (χ1) is 7.63. The second-order valence-electron chi connectivity index (χ2n) is 4.36. The maximum atomic E-state index is 11.6. The molecule has 3 N–H and O–H groups in total. The number of nitrogens with two attached hydrogens (primary N) is 1. The molecule has 88 valence electrons. The van der Waals surface area contributed by atoms with Gasteiger partial charge in [-0.25, -0.2) is 0 Å². The second-order valence-corrected chi connectivity index (χ2v) is 6.16. The van der Waals surface area contributed by atoms with Crippen LogP contribution in [0.2, 0.25) is 4.34 Å². The molecule has 0 unspecified atom stereocenters. The lowest BCUT2D eigenvalue weighted by Gasteiger charge is -2.12. The molecule has 5 heteroatoms. The second kappa shape index (κ2) is 4.73. The van der Waals surface area contributed by atoms with E-state index in [1.54, 1.807) is 0 Å². The zero-order valence-corrected chi connectivity index (χ0v) is 10.5. The molecular formula is C11H15ClN2OS.